The molecule has 2 rings (SSSR count). The number of hydrogen-bond donors (Lipinski definition) is 2. The Morgan fingerprint density at radius 2 is 2.00 bits per heavy atom. The van der Waals surface area contributed by atoms with Gasteiger partial charge in [-0.3, -0.25) is 0 Å². The third-order valence-corrected chi connectivity index (χ3v) is 2.02. The minimum Gasteiger partial charge on any atom is -0.503 e. The summed E-state index contributed by atoms with van der Waals surface area (Å²) in [5.41, 5.74) is 4.68. The van der Waals surface area contributed by atoms with Crippen LogP contribution in [0.15, 0.2) is 10.6 Å². The number of aromatic nitrogens is 2. The Balaban J connectivity index is 2.59. The van der Waals surface area contributed by atoms with Gasteiger partial charge in [0.15, 0.2) is 17.4 Å². The van der Waals surface area contributed by atoms with E-state index in [1.54, 1.807) is 0 Å². The highest BCUT2D eigenvalue weighted by molar-refractivity contribution is 5.58. The van der Waals surface area contributed by atoms with Crippen molar-refractivity contribution in [2.45, 2.75) is 6.54 Å². The molecule has 1 heterocycles. The van der Waals surface area contributed by atoms with Crippen molar-refractivity contribution in [1.82, 2.24) is 10.1 Å². The van der Waals surface area contributed by atoms with Crippen molar-refractivity contribution >= 4 is 0 Å². The summed E-state index contributed by atoms with van der Waals surface area (Å²) in [7, 11) is 0. The monoisotopic (exact) mass is 245 g/mol. The summed E-state index contributed by atoms with van der Waals surface area (Å²) in [6.07, 6.45) is 0. The molecule has 2 aromatic rings. The molecule has 0 aliphatic heterocycles. The first-order valence-corrected chi connectivity index (χ1v) is 4.44. The Hall–Kier alpha value is -2.09. The quantitative estimate of drug-likeness (QED) is 0.779. The summed E-state index contributed by atoms with van der Waals surface area (Å²) >= 11 is 0. The molecule has 0 bridgehead atoms. The molecule has 0 saturated heterocycles. The molecular weight excluding hydrogens is 239 g/mol. The average molecular weight is 245 g/mol. The van der Waals surface area contributed by atoms with Crippen LogP contribution in [-0.4, -0.2) is 15.2 Å². The maximum atomic E-state index is 13.4. The van der Waals surface area contributed by atoms with Crippen LogP contribution in [0.4, 0.5) is 13.2 Å². The van der Waals surface area contributed by atoms with E-state index in [0.717, 1.165) is 0 Å². The minimum atomic E-state index is -1.67. The van der Waals surface area contributed by atoms with E-state index in [9.17, 15) is 13.2 Å². The lowest BCUT2D eigenvalue weighted by molar-refractivity contribution is 0.374. The number of nitrogens with two attached hydrogens (primary N) is 1. The zero-order valence-corrected chi connectivity index (χ0v) is 8.25. The topological polar surface area (TPSA) is 85.2 Å². The van der Waals surface area contributed by atoms with Crippen molar-refractivity contribution in [2.75, 3.05) is 0 Å². The summed E-state index contributed by atoms with van der Waals surface area (Å²) in [6, 6.07) is 0.523. The van der Waals surface area contributed by atoms with Gasteiger partial charge in [0, 0.05) is 0 Å². The maximum Gasteiger partial charge on any atom is 0.240 e. The Kier molecular flexibility index (Phi) is 2.72. The van der Waals surface area contributed by atoms with Crippen LogP contribution >= 0.6 is 0 Å². The maximum absolute atomic E-state index is 13.4. The standard InChI is InChI=1S/C9H6F3N3O2/c10-4-1-3(6(11)8(16)7(4)12)9-14-5(2-13)17-15-9/h1,16H,2,13H2. The van der Waals surface area contributed by atoms with Crippen molar-refractivity contribution in [2.24, 2.45) is 5.73 Å². The minimum absolute atomic E-state index is 0.00335. The number of hydrogen-bond acceptors (Lipinski definition) is 5. The number of aromatic hydroxyl groups is 1. The van der Waals surface area contributed by atoms with Crippen molar-refractivity contribution in [1.29, 1.82) is 0 Å². The SMILES string of the molecule is NCc1nc(-c2cc(F)c(F)c(O)c2F)no1. The highest BCUT2D eigenvalue weighted by Crippen LogP contribution is 2.30. The number of nitrogens with zero attached hydrogens (tertiary/aromatic N) is 2. The highest BCUT2D eigenvalue weighted by atomic mass is 19.2. The van der Waals surface area contributed by atoms with E-state index in [1.165, 1.54) is 0 Å². The predicted octanol–water partition coefficient (Wildman–Crippen LogP) is 1.32. The van der Waals surface area contributed by atoms with Crippen LogP contribution in [0.3, 0.4) is 0 Å². The fourth-order valence-corrected chi connectivity index (χ4v) is 1.20. The van der Waals surface area contributed by atoms with Gasteiger partial charge in [0.05, 0.1) is 12.1 Å². The van der Waals surface area contributed by atoms with Gasteiger partial charge in [0.25, 0.3) is 0 Å². The van der Waals surface area contributed by atoms with Gasteiger partial charge >= 0.3 is 0 Å². The molecule has 5 nitrogen and oxygen atoms in total. The number of benzene rings is 1. The van der Waals surface area contributed by atoms with Gasteiger partial charge in [-0.15, -0.1) is 0 Å². The molecule has 0 amide bonds. The van der Waals surface area contributed by atoms with Crippen LogP contribution in [0.1, 0.15) is 5.89 Å². The third-order valence-electron chi connectivity index (χ3n) is 2.02. The molecule has 0 fully saturated rings. The Morgan fingerprint density at radius 1 is 1.29 bits per heavy atom. The second kappa shape index (κ2) is 4.06. The average Bonchev–Trinajstić information content (AvgIpc) is 2.79. The predicted molar refractivity (Wildman–Crippen MR) is 49.2 cm³/mol. The molecule has 0 aliphatic rings. The van der Waals surface area contributed by atoms with E-state index in [-0.39, 0.29) is 18.3 Å². The van der Waals surface area contributed by atoms with E-state index < -0.39 is 28.8 Å². The van der Waals surface area contributed by atoms with Crippen molar-refractivity contribution in [3.63, 3.8) is 0 Å². The molecule has 90 valence electrons. The van der Waals surface area contributed by atoms with Crippen LogP contribution in [-0.2, 0) is 6.54 Å². The Labute approximate surface area is 92.7 Å². The van der Waals surface area contributed by atoms with Gasteiger partial charge in [-0.25, -0.2) is 8.78 Å². The first-order chi connectivity index (χ1) is 8.04. The molecule has 0 atom stereocenters. The molecule has 1 aromatic heterocycles. The normalized spacial score (nSPS) is 10.8. The second-order valence-corrected chi connectivity index (χ2v) is 3.10. The summed E-state index contributed by atoms with van der Waals surface area (Å²) in [4.78, 5) is 3.63. The second-order valence-electron chi connectivity index (χ2n) is 3.10. The summed E-state index contributed by atoms with van der Waals surface area (Å²) in [6.45, 7) is -0.0791. The largest absolute Gasteiger partial charge is 0.503 e. The molecule has 0 radical (unpaired) electrons. The van der Waals surface area contributed by atoms with Crippen molar-refractivity contribution in [3.05, 3.63) is 29.4 Å². The van der Waals surface area contributed by atoms with Gasteiger partial charge in [-0.1, -0.05) is 5.16 Å². The smallest absolute Gasteiger partial charge is 0.240 e. The molecule has 3 N–H and O–H groups in total. The molecule has 17 heavy (non-hydrogen) atoms. The van der Waals surface area contributed by atoms with E-state index >= 15 is 0 Å². The molecule has 1 aromatic carbocycles. The number of phenols is 1. The first-order valence-electron chi connectivity index (χ1n) is 4.44. The van der Waals surface area contributed by atoms with Crippen LogP contribution < -0.4 is 5.73 Å². The van der Waals surface area contributed by atoms with E-state index in [2.05, 4.69) is 14.7 Å². The van der Waals surface area contributed by atoms with Gasteiger partial charge in [0.2, 0.25) is 17.5 Å². The van der Waals surface area contributed by atoms with E-state index in [0.29, 0.717) is 6.07 Å². The van der Waals surface area contributed by atoms with Gasteiger partial charge in [0.1, 0.15) is 0 Å². The van der Waals surface area contributed by atoms with Crippen LogP contribution in [0.25, 0.3) is 11.4 Å². The molecule has 0 aliphatic carbocycles. The molecular formula is C9H6F3N3O2. The van der Waals surface area contributed by atoms with E-state index in [1.807, 2.05) is 0 Å². The van der Waals surface area contributed by atoms with Crippen molar-refractivity contribution < 1.29 is 22.8 Å². The lowest BCUT2D eigenvalue weighted by atomic mass is 10.1. The summed E-state index contributed by atoms with van der Waals surface area (Å²) in [5.74, 6) is -6.21. The Bertz CT molecular complexity index is 571. The number of phenolic OH excluding ortho intramolecular Hbond substituents is 1. The summed E-state index contributed by atoms with van der Waals surface area (Å²) in [5, 5.41) is 12.3. The van der Waals surface area contributed by atoms with Crippen LogP contribution in [0.5, 0.6) is 5.75 Å². The third kappa shape index (κ3) is 1.82. The lowest BCUT2D eigenvalue weighted by Crippen LogP contribution is -1.97. The lowest BCUT2D eigenvalue weighted by Gasteiger charge is -2.02. The fraction of sp³-hybridized carbons (Fsp3) is 0.111. The van der Waals surface area contributed by atoms with Crippen molar-refractivity contribution in [3.8, 4) is 17.1 Å². The zero-order chi connectivity index (χ0) is 12.6. The Morgan fingerprint density at radius 3 is 2.59 bits per heavy atom. The molecule has 8 heteroatoms. The number of rotatable bonds is 2. The highest BCUT2D eigenvalue weighted by Gasteiger charge is 2.22. The molecule has 0 saturated carbocycles. The van der Waals surface area contributed by atoms with Crippen LogP contribution in [0, 0.1) is 17.5 Å². The van der Waals surface area contributed by atoms with E-state index in [4.69, 9.17) is 10.8 Å². The first kappa shape index (κ1) is 11.4. The van der Waals surface area contributed by atoms with Crippen LogP contribution in [0.2, 0.25) is 0 Å². The van der Waals surface area contributed by atoms with Gasteiger partial charge in [-0.05, 0) is 6.07 Å². The number of halogens is 3. The van der Waals surface area contributed by atoms with Gasteiger partial charge < -0.3 is 15.4 Å². The fourth-order valence-electron chi connectivity index (χ4n) is 1.20. The summed E-state index contributed by atoms with van der Waals surface area (Å²) < 4.78 is 43.8. The zero-order valence-electron chi connectivity index (χ0n) is 8.25. The molecule has 0 unspecified atom stereocenters. The van der Waals surface area contributed by atoms with Gasteiger partial charge in [-0.2, -0.15) is 9.37 Å². The molecule has 0 spiro atoms.